The smallest absolute Gasteiger partial charge is 0.338 e. The highest BCUT2D eigenvalue weighted by atomic mass is 16.5. The number of rotatable bonds is 8. The number of urea groups is 1. The first kappa shape index (κ1) is 19.3. The Morgan fingerprint density at radius 2 is 1.96 bits per heavy atom. The van der Waals surface area contributed by atoms with Crippen LogP contribution in [0.3, 0.4) is 0 Å². The van der Waals surface area contributed by atoms with Gasteiger partial charge in [-0.15, -0.1) is 0 Å². The van der Waals surface area contributed by atoms with Crippen molar-refractivity contribution in [1.82, 2.24) is 10.6 Å². The van der Waals surface area contributed by atoms with Gasteiger partial charge >= 0.3 is 12.0 Å². The molecule has 8 heteroatoms. The van der Waals surface area contributed by atoms with Crippen LogP contribution in [0.1, 0.15) is 38.3 Å². The third-order valence-electron chi connectivity index (χ3n) is 3.75. The van der Waals surface area contributed by atoms with E-state index in [0.717, 1.165) is 6.42 Å². The number of carbonyl (C=O) groups excluding carboxylic acids is 3. The first-order chi connectivity index (χ1) is 12.5. The van der Waals surface area contributed by atoms with Gasteiger partial charge in [0.25, 0.3) is 5.91 Å². The van der Waals surface area contributed by atoms with Crippen LogP contribution in [0.2, 0.25) is 0 Å². The molecule has 0 spiro atoms. The molecule has 4 N–H and O–H groups in total. The van der Waals surface area contributed by atoms with Gasteiger partial charge in [-0.1, -0.05) is 31.5 Å². The van der Waals surface area contributed by atoms with Gasteiger partial charge in [-0.3, -0.25) is 4.79 Å². The summed E-state index contributed by atoms with van der Waals surface area (Å²) in [6.45, 7) is 3.56. The van der Waals surface area contributed by atoms with Crippen LogP contribution in [0, 0.1) is 0 Å². The van der Waals surface area contributed by atoms with Gasteiger partial charge < -0.3 is 25.8 Å². The molecule has 140 valence electrons. The second-order valence-corrected chi connectivity index (χ2v) is 5.69. The van der Waals surface area contributed by atoms with Crippen LogP contribution < -0.4 is 21.1 Å². The molecule has 1 aliphatic rings. The maximum Gasteiger partial charge on any atom is 0.338 e. The van der Waals surface area contributed by atoms with Crippen LogP contribution in [0.25, 0.3) is 0 Å². The lowest BCUT2D eigenvalue weighted by atomic mass is 9.93. The lowest BCUT2D eigenvalue weighted by molar-refractivity contribution is -0.139. The summed E-state index contributed by atoms with van der Waals surface area (Å²) in [6.07, 6.45) is 1.26. The number of para-hydroxylation sites is 1. The first-order valence-electron chi connectivity index (χ1n) is 8.45. The van der Waals surface area contributed by atoms with Gasteiger partial charge in [0.05, 0.1) is 18.2 Å². The van der Waals surface area contributed by atoms with Crippen LogP contribution in [0.5, 0.6) is 5.75 Å². The zero-order valence-corrected chi connectivity index (χ0v) is 14.8. The van der Waals surface area contributed by atoms with Gasteiger partial charge in [-0.05, 0) is 19.4 Å². The van der Waals surface area contributed by atoms with E-state index in [0.29, 0.717) is 29.0 Å². The number of esters is 1. The van der Waals surface area contributed by atoms with Crippen molar-refractivity contribution in [3.05, 3.63) is 41.1 Å². The van der Waals surface area contributed by atoms with E-state index in [4.69, 9.17) is 15.2 Å². The Balaban J connectivity index is 2.50. The monoisotopic (exact) mass is 361 g/mol. The molecular weight excluding hydrogens is 338 g/mol. The van der Waals surface area contributed by atoms with E-state index in [9.17, 15) is 14.4 Å². The standard InChI is InChI=1S/C18H23N3O5/c1-3-7-12-15(17(23)25-4-2)16(21-18(24)20-12)11-8-5-6-9-13(11)26-10-14(19)22/h5-6,8-9,16H,3-4,7,10H2,1-2H3,(H2,19,22)(H2,20,21,24). The number of ether oxygens (including phenoxy) is 2. The molecule has 2 rings (SSSR count). The topological polar surface area (TPSA) is 120 Å². The van der Waals surface area contributed by atoms with E-state index in [1.165, 1.54) is 0 Å². The zero-order valence-electron chi connectivity index (χ0n) is 14.8. The molecule has 1 aromatic rings. The Bertz CT molecular complexity index is 729. The molecule has 1 aromatic carbocycles. The fraction of sp³-hybridized carbons (Fsp3) is 0.389. The molecule has 3 amide bonds. The fourth-order valence-corrected chi connectivity index (χ4v) is 2.75. The molecule has 0 bridgehead atoms. The molecule has 8 nitrogen and oxygen atoms in total. The number of carbonyl (C=O) groups is 3. The quantitative estimate of drug-likeness (QED) is 0.607. The first-order valence-corrected chi connectivity index (χ1v) is 8.45. The Kier molecular flexibility index (Phi) is 6.60. The largest absolute Gasteiger partial charge is 0.483 e. The maximum atomic E-state index is 12.6. The van der Waals surface area contributed by atoms with Gasteiger partial charge in [-0.2, -0.15) is 0 Å². The summed E-state index contributed by atoms with van der Waals surface area (Å²) in [5.74, 6) is -0.781. The predicted octanol–water partition coefficient (Wildman–Crippen LogP) is 1.52. The third kappa shape index (κ3) is 4.53. The number of amides is 3. The summed E-state index contributed by atoms with van der Waals surface area (Å²) in [7, 11) is 0. The molecule has 26 heavy (non-hydrogen) atoms. The highest BCUT2D eigenvalue weighted by Gasteiger charge is 2.34. The number of benzene rings is 1. The average molecular weight is 361 g/mol. The van der Waals surface area contributed by atoms with Crippen LogP contribution in [-0.4, -0.2) is 31.1 Å². The summed E-state index contributed by atoms with van der Waals surface area (Å²) < 4.78 is 10.6. The summed E-state index contributed by atoms with van der Waals surface area (Å²) in [4.78, 5) is 35.7. The number of allylic oxidation sites excluding steroid dienone is 1. The van der Waals surface area contributed by atoms with Crippen molar-refractivity contribution in [3.63, 3.8) is 0 Å². The second-order valence-electron chi connectivity index (χ2n) is 5.69. The van der Waals surface area contributed by atoms with Gasteiger partial charge in [0.1, 0.15) is 5.75 Å². The predicted molar refractivity (Wildman–Crippen MR) is 94.1 cm³/mol. The maximum absolute atomic E-state index is 12.6. The molecular formula is C18H23N3O5. The van der Waals surface area contributed by atoms with E-state index in [1.54, 1.807) is 31.2 Å². The number of primary amides is 1. The van der Waals surface area contributed by atoms with Crippen molar-refractivity contribution in [3.8, 4) is 5.75 Å². The molecule has 0 saturated carbocycles. The van der Waals surface area contributed by atoms with Crippen molar-refractivity contribution in [1.29, 1.82) is 0 Å². The van der Waals surface area contributed by atoms with E-state index >= 15 is 0 Å². The summed E-state index contributed by atoms with van der Waals surface area (Å²) in [5.41, 5.74) is 6.52. The average Bonchev–Trinajstić information content (AvgIpc) is 2.60. The minimum atomic E-state index is -0.756. The normalized spacial score (nSPS) is 16.5. The lowest BCUT2D eigenvalue weighted by Crippen LogP contribution is -2.46. The summed E-state index contributed by atoms with van der Waals surface area (Å²) in [5, 5.41) is 5.42. The zero-order chi connectivity index (χ0) is 19.1. The SMILES string of the molecule is CCCC1=C(C(=O)OCC)C(c2ccccc2OCC(N)=O)NC(=O)N1. The molecule has 0 fully saturated rings. The minimum absolute atomic E-state index is 0.211. The van der Waals surface area contributed by atoms with Gasteiger partial charge in [0, 0.05) is 11.3 Å². The molecule has 1 atom stereocenters. The lowest BCUT2D eigenvalue weighted by Gasteiger charge is -2.30. The second kappa shape index (κ2) is 8.89. The van der Waals surface area contributed by atoms with E-state index in [1.807, 2.05) is 6.92 Å². The Morgan fingerprint density at radius 3 is 2.62 bits per heavy atom. The Hall–Kier alpha value is -3.03. The molecule has 1 unspecified atom stereocenters. The van der Waals surface area contributed by atoms with Gasteiger partial charge in [0.15, 0.2) is 6.61 Å². The van der Waals surface area contributed by atoms with Crippen molar-refractivity contribution < 1.29 is 23.9 Å². The van der Waals surface area contributed by atoms with Gasteiger partial charge in [-0.25, -0.2) is 9.59 Å². The van der Waals surface area contributed by atoms with Crippen LogP contribution in [0.4, 0.5) is 4.79 Å². The molecule has 0 aliphatic carbocycles. The third-order valence-corrected chi connectivity index (χ3v) is 3.75. The fourth-order valence-electron chi connectivity index (χ4n) is 2.75. The van der Waals surface area contributed by atoms with Gasteiger partial charge in [0.2, 0.25) is 0 Å². The molecule has 1 heterocycles. The van der Waals surface area contributed by atoms with Crippen molar-refractivity contribution in [2.24, 2.45) is 5.73 Å². The van der Waals surface area contributed by atoms with E-state index in [2.05, 4.69) is 10.6 Å². The van der Waals surface area contributed by atoms with Crippen LogP contribution in [0.15, 0.2) is 35.5 Å². The number of hydrogen-bond donors (Lipinski definition) is 3. The van der Waals surface area contributed by atoms with Crippen molar-refractivity contribution >= 4 is 17.9 Å². The van der Waals surface area contributed by atoms with Crippen molar-refractivity contribution in [2.45, 2.75) is 32.7 Å². The molecule has 0 saturated heterocycles. The van der Waals surface area contributed by atoms with Crippen molar-refractivity contribution in [2.75, 3.05) is 13.2 Å². The molecule has 0 aromatic heterocycles. The highest BCUT2D eigenvalue weighted by Crippen LogP contribution is 2.34. The Morgan fingerprint density at radius 1 is 1.23 bits per heavy atom. The van der Waals surface area contributed by atoms with E-state index in [-0.39, 0.29) is 13.2 Å². The highest BCUT2D eigenvalue weighted by molar-refractivity contribution is 5.95. The van der Waals surface area contributed by atoms with Crippen LogP contribution >= 0.6 is 0 Å². The summed E-state index contributed by atoms with van der Waals surface area (Å²) in [6, 6.07) is 5.67. The minimum Gasteiger partial charge on any atom is -0.483 e. The number of nitrogens with two attached hydrogens (primary N) is 1. The number of hydrogen-bond acceptors (Lipinski definition) is 5. The summed E-state index contributed by atoms with van der Waals surface area (Å²) >= 11 is 0. The van der Waals surface area contributed by atoms with E-state index < -0.39 is 23.9 Å². The Labute approximate surface area is 151 Å². The van der Waals surface area contributed by atoms with Crippen LogP contribution in [-0.2, 0) is 14.3 Å². The number of nitrogens with one attached hydrogen (secondary N) is 2. The molecule has 1 aliphatic heterocycles. The molecule has 0 radical (unpaired) electrons.